The Balaban J connectivity index is 1.61. The highest BCUT2D eigenvalue weighted by Gasteiger charge is 2.20. The van der Waals surface area contributed by atoms with Crippen LogP contribution in [0.15, 0.2) is 81.4 Å². The van der Waals surface area contributed by atoms with Crippen LogP contribution in [0.25, 0.3) is 21.9 Å². The number of aryl methyl sites for hydroxylation is 1. The van der Waals surface area contributed by atoms with Gasteiger partial charge in [0.15, 0.2) is 11.2 Å². The lowest BCUT2D eigenvalue weighted by molar-refractivity contribution is -0.384. The molecular weight excluding hydrogens is 462 g/mol. The van der Waals surface area contributed by atoms with E-state index in [1.807, 2.05) is 42.5 Å². The quantitative estimate of drug-likeness (QED) is 0.225. The summed E-state index contributed by atoms with van der Waals surface area (Å²) in [6, 6.07) is 19.8. The molecule has 0 aliphatic heterocycles. The number of hydrazone groups is 1. The van der Waals surface area contributed by atoms with Gasteiger partial charge >= 0.3 is 5.69 Å². The Labute approximate surface area is 203 Å². The Morgan fingerprint density at radius 1 is 1.00 bits per heavy atom. The Kier molecular flexibility index (Phi) is 5.65. The summed E-state index contributed by atoms with van der Waals surface area (Å²) in [6.07, 6.45) is 1.49. The second kappa shape index (κ2) is 8.95. The SMILES string of the molecule is Cn1c(=O)c2c(nc(N/N=C/c3ccc([N+](=O)[O-])cc3)n2Cc2cccc3ccccc23)n(C)c1=O. The molecule has 0 bridgehead atoms. The molecule has 2 heterocycles. The number of nitrogens with one attached hydrogen (secondary N) is 1. The zero-order valence-electron chi connectivity index (χ0n) is 19.5. The van der Waals surface area contributed by atoms with E-state index in [-0.39, 0.29) is 22.8 Å². The number of nitrogens with zero attached hydrogens (tertiary/aromatic N) is 6. The third-order valence-electron chi connectivity index (χ3n) is 6.04. The predicted molar refractivity (Wildman–Crippen MR) is 138 cm³/mol. The molecule has 0 aliphatic rings. The van der Waals surface area contributed by atoms with Gasteiger partial charge in [-0.15, -0.1) is 0 Å². The molecular formula is C25H21N7O4. The lowest BCUT2D eigenvalue weighted by Gasteiger charge is -2.11. The van der Waals surface area contributed by atoms with Crippen molar-refractivity contribution in [2.75, 3.05) is 5.43 Å². The first kappa shape index (κ1) is 22.7. The first-order valence-corrected chi connectivity index (χ1v) is 11.0. The van der Waals surface area contributed by atoms with Crippen LogP contribution in [-0.4, -0.2) is 29.8 Å². The zero-order valence-corrected chi connectivity index (χ0v) is 19.5. The molecule has 0 radical (unpaired) electrons. The summed E-state index contributed by atoms with van der Waals surface area (Å²) < 4.78 is 4.07. The van der Waals surface area contributed by atoms with Gasteiger partial charge in [-0.25, -0.2) is 10.2 Å². The molecule has 11 heteroatoms. The minimum Gasteiger partial charge on any atom is -0.298 e. The topological polar surface area (TPSA) is 129 Å². The van der Waals surface area contributed by atoms with Gasteiger partial charge in [-0.2, -0.15) is 10.1 Å². The predicted octanol–water partition coefficient (Wildman–Crippen LogP) is 2.99. The third kappa shape index (κ3) is 3.92. The highest BCUT2D eigenvalue weighted by atomic mass is 16.6. The van der Waals surface area contributed by atoms with Crippen LogP contribution in [0.5, 0.6) is 0 Å². The number of hydrogen-bond acceptors (Lipinski definition) is 7. The lowest BCUT2D eigenvalue weighted by Crippen LogP contribution is -2.37. The van der Waals surface area contributed by atoms with Crippen molar-refractivity contribution in [3.05, 3.63) is 109 Å². The summed E-state index contributed by atoms with van der Waals surface area (Å²) in [5.74, 6) is 0.273. The van der Waals surface area contributed by atoms with Crippen molar-refractivity contribution in [2.45, 2.75) is 6.54 Å². The summed E-state index contributed by atoms with van der Waals surface area (Å²) in [5, 5.41) is 17.2. The fraction of sp³-hybridized carbons (Fsp3) is 0.120. The van der Waals surface area contributed by atoms with Crippen LogP contribution in [0.1, 0.15) is 11.1 Å². The molecule has 3 aromatic carbocycles. The molecule has 0 amide bonds. The Hall–Kier alpha value is -5.06. The average molecular weight is 483 g/mol. The van der Waals surface area contributed by atoms with Gasteiger partial charge in [0.05, 0.1) is 17.7 Å². The number of nitro groups is 1. The van der Waals surface area contributed by atoms with Crippen LogP contribution in [0.4, 0.5) is 11.6 Å². The van der Waals surface area contributed by atoms with Crippen molar-refractivity contribution in [1.82, 2.24) is 18.7 Å². The zero-order chi connectivity index (χ0) is 25.4. The van der Waals surface area contributed by atoms with Crippen molar-refractivity contribution in [3.8, 4) is 0 Å². The van der Waals surface area contributed by atoms with Gasteiger partial charge < -0.3 is 0 Å². The third-order valence-corrected chi connectivity index (χ3v) is 6.04. The molecule has 0 spiro atoms. The summed E-state index contributed by atoms with van der Waals surface area (Å²) >= 11 is 0. The molecule has 2 aromatic heterocycles. The molecule has 0 saturated heterocycles. The largest absolute Gasteiger partial charge is 0.332 e. The number of aromatic nitrogens is 4. The van der Waals surface area contributed by atoms with Gasteiger partial charge in [0.25, 0.3) is 11.2 Å². The summed E-state index contributed by atoms with van der Waals surface area (Å²) in [5.41, 5.74) is 4.00. The number of nitro benzene ring substituents is 1. The van der Waals surface area contributed by atoms with E-state index in [0.717, 1.165) is 20.9 Å². The monoisotopic (exact) mass is 483 g/mol. The van der Waals surface area contributed by atoms with Crippen LogP contribution in [0.3, 0.4) is 0 Å². The second-order valence-electron chi connectivity index (χ2n) is 8.26. The van der Waals surface area contributed by atoms with E-state index in [0.29, 0.717) is 12.1 Å². The van der Waals surface area contributed by atoms with Gasteiger partial charge in [0.1, 0.15) is 0 Å². The van der Waals surface area contributed by atoms with Crippen molar-refractivity contribution in [2.24, 2.45) is 19.2 Å². The Morgan fingerprint density at radius 2 is 1.72 bits per heavy atom. The number of benzene rings is 3. The minimum absolute atomic E-state index is 0.0197. The average Bonchev–Trinajstić information content (AvgIpc) is 3.25. The number of fused-ring (bicyclic) bond motifs is 2. The van der Waals surface area contributed by atoms with Gasteiger partial charge in [0.2, 0.25) is 5.95 Å². The molecule has 36 heavy (non-hydrogen) atoms. The molecule has 0 fully saturated rings. The van der Waals surface area contributed by atoms with E-state index in [1.165, 1.54) is 30.0 Å². The number of hydrogen-bond donors (Lipinski definition) is 1. The maximum absolute atomic E-state index is 13.1. The maximum atomic E-state index is 13.1. The van der Waals surface area contributed by atoms with Gasteiger partial charge in [-0.05, 0) is 34.0 Å². The van der Waals surface area contributed by atoms with Crippen molar-refractivity contribution in [1.29, 1.82) is 0 Å². The Bertz CT molecular complexity index is 1770. The van der Waals surface area contributed by atoms with Crippen LogP contribution in [0, 0.1) is 10.1 Å². The molecule has 0 saturated carbocycles. The van der Waals surface area contributed by atoms with E-state index in [1.54, 1.807) is 23.7 Å². The molecule has 0 atom stereocenters. The van der Waals surface area contributed by atoms with Crippen LogP contribution in [-0.2, 0) is 20.6 Å². The van der Waals surface area contributed by atoms with Crippen LogP contribution >= 0.6 is 0 Å². The van der Waals surface area contributed by atoms with E-state index >= 15 is 0 Å². The van der Waals surface area contributed by atoms with Crippen molar-refractivity contribution in [3.63, 3.8) is 0 Å². The highest BCUT2D eigenvalue weighted by Crippen LogP contribution is 2.23. The van der Waals surface area contributed by atoms with Gasteiger partial charge in [0, 0.05) is 26.2 Å². The highest BCUT2D eigenvalue weighted by molar-refractivity contribution is 5.86. The van der Waals surface area contributed by atoms with Crippen molar-refractivity contribution >= 4 is 39.8 Å². The first-order valence-electron chi connectivity index (χ1n) is 11.0. The summed E-state index contributed by atoms with van der Waals surface area (Å²) in [6.45, 7) is 0.306. The maximum Gasteiger partial charge on any atom is 0.332 e. The molecule has 0 aliphatic carbocycles. The second-order valence-corrected chi connectivity index (χ2v) is 8.26. The smallest absolute Gasteiger partial charge is 0.298 e. The molecule has 0 unspecified atom stereocenters. The molecule has 11 nitrogen and oxygen atoms in total. The fourth-order valence-electron chi connectivity index (χ4n) is 4.13. The molecule has 1 N–H and O–H groups in total. The van der Waals surface area contributed by atoms with Gasteiger partial charge in [-0.3, -0.25) is 28.6 Å². The number of rotatable bonds is 6. The number of non-ortho nitro benzene ring substituents is 1. The van der Waals surface area contributed by atoms with E-state index in [4.69, 9.17) is 0 Å². The van der Waals surface area contributed by atoms with Crippen LogP contribution < -0.4 is 16.7 Å². The van der Waals surface area contributed by atoms with Gasteiger partial charge in [-0.1, -0.05) is 42.5 Å². The van der Waals surface area contributed by atoms with E-state index < -0.39 is 16.2 Å². The minimum atomic E-state index is -0.483. The van der Waals surface area contributed by atoms with Crippen LogP contribution in [0.2, 0.25) is 0 Å². The summed E-state index contributed by atoms with van der Waals surface area (Å²) in [7, 11) is 2.99. The molecule has 5 aromatic rings. The Morgan fingerprint density at radius 3 is 2.47 bits per heavy atom. The fourth-order valence-corrected chi connectivity index (χ4v) is 4.13. The van der Waals surface area contributed by atoms with E-state index in [9.17, 15) is 19.7 Å². The number of anilines is 1. The molecule has 5 rings (SSSR count). The number of imidazole rings is 1. The lowest BCUT2D eigenvalue weighted by atomic mass is 10.0. The van der Waals surface area contributed by atoms with E-state index in [2.05, 4.69) is 15.5 Å². The normalized spacial score (nSPS) is 11.5. The summed E-state index contributed by atoms with van der Waals surface area (Å²) in [4.78, 5) is 40.6. The van der Waals surface area contributed by atoms with Crippen molar-refractivity contribution < 1.29 is 4.92 Å². The molecule has 180 valence electrons. The standard InChI is InChI=1S/C25H21N7O4/c1-29-22-21(23(33)30(2)25(29)34)31(15-18-8-5-7-17-6-3-4-9-20(17)18)24(27-22)28-26-14-16-10-12-19(13-11-16)32(35)36/h3-14H,15H2,1-2H3,(H,27,28)/b26-14+. The first-order chi connectivity index (χ1) is 17.3.